The van der Waals surface area contributed by atoms with E-state index >= 15 is 0 Å². The minimum atomic E-state index is -0.906. The highest BCUT2D eigenvalue weighted by Crippen LogP contribution is 2.35. The molecule has 0 radical (unpaired) electrons. The maximum absolute atomic E-state index is 13.8. The highest BCUT2D eigenvalue weighted by molar-refractivity contribution is 5.87. The van der Waals surface area contributed by atoms with Crippen molar-refractivity contribution in [3.8, 4) is 5.75 Å². The van der Waals surface area contributed by atoms with E-state index in [0.29, 0.717) is 18.7 Å². The summed E-state index contributed by atoms with van der Waals surface area (Å²) in [6.07, 6.45) is 0.443. The Balaban J connectivity index is 1.53. The Morgan fingerprint density at radius 2 is 1.80 bits per heavy atom. The third-order valence-electron chi connectivity index (χ3n) is 6.79. The van der Waals surface area contributed by atoms with Crippen molar-refractivity contribution in [1.29, 1.82) is 0 Å². The van der Waals surface area contributed by atoms with Crippen LogP contribution in [0.4, 0.5) is 14.0 Å². The maximum atomic E-state index is 13.8. The number of carbonyl (C=O) groups is 3. The Kier molecular flexibility index (Phi) is 8.96. The second-order valence-corrected chi connectivity index (χ2v) is 10.9. The van der Waals surface area contributed by atoms with Gasteiger partial charge in [-0.2, -0.15) is 0 Å². The quantitative estimate of drug-likeness (QED) is 0.478. The summed E-state index contributed by atoms with van der Waals surface area (Å²) >= 11 is 0. The molecule has 0 spiro atoms. The number of carbonyl (C=O) groups excluding carboxylic acids is 3. The fourth-order valence-corrected chi connectivity index (χ4v) is 5.13. The van der Waals surface area contributed by atoms with Gasteiger partial charge in [0.05, 0.1) is 18.6 Å². The van der Waals surface area contributed by atoms with Crippen LogP contribution in [0.3, 0.4) is 0 Å². The van der Waals surface area contributed by atoms with E-state index in [-0.39, 0.29) is 31.5 Å². The zero-order chi connectivity index (χ0) is 28.9. The molecule has 2 saturated heterocycles. The SMILES string of the molecule is C=CC[C@H](NC(=O)OC(C)(C)C)C(=O)N1CC[C@@H]2[C@H]1[C@@H](Oc1ccc(F)cc1)CN2C(=O)OCc1ccccc1. The van der Waals surface area contributed by atoms with Gasteiger partial charge in [-0.1, -0.05) is 36.4 Å². The van der Waals surface area contributed by atoms with E-state index in [4.69, 9.17) is 14.2 Å². The molecule has 2 aromatic carbocycles. The summed E-state index contributed by atoms with van der Waals surface area (Å²) in [5, 5.41) is 2.66. The molecule has 0 unspecified atom stereocenters. The normalized spacial score (nSPS) is 20.9. The highest BCUT2D eigenvalue weighted by Gasteiger charge is 2.54. The van der Waals surface area contributed by atoms with E-state index in [0.717, 1.165) is 5.56 Å². The van der Waals surface area contributed by atoms with Gasteiger partial charge >= 0.3 is 12.2 Å². The van der Waals surface area contributed by atoms with Crippen molar-refractivity contribution >= 4 is 18.1 Å². The van der Waals surface area contributed by atoms with Gasteiger partial charge in [-0.05, 0) is 63.4 Å². The summed E-state index contributed by atoms with van der Waals surface area (Å²) in [5.74, 6) is -0.315. The molecular formula is C30H36FN3O6. The van der Waals surface area contributed by atoms with Crippen molar-refractivity contribution in [3.05, 3.63) is 78.6 Å². The minimum absolute atomic E-state index is 0.112. The van der Waals surface area contributed by atoms with Gasteiger partial charge in [0.1, 0.15) is 35.9 Å². The van der Waals surface area contributed by atoms with Gasteiger partial charge in [-0.25, -0.2) is 14.0 Å². The zero-order valence-electron chi connectivity index (χ0n) is 23.0. The summed E-state index contributed by atoms with van der Waals surface area (Å²) in [7, 11) is 0. The second kappa shape index (κ2) is 12.4. The van der Waals surface area contributed by atoms with Crippen LogP contribution in [0, 0.1) is 5.82 Å². The number of alkyl carbamates (subject to hydrolysis) is 1. The standard InChI is InChI=1S/C30H36FN3O6/c1-5-9-23(32-28(36)40-30(2,3)4)27(35)33-17-16-24-26(33)25(39-22-14-12-21(31)13-15-22)18-34(24)29(37)38-19-20-10-7-6-8-11-20/h5-8,10-15,23-26H,1,9,16-19H2,2-4H3,(H,32,36)/t23-,24+,25-,26-/m0/s1. The monoisotopic (exact) mass is 553 g/mol. The van der Waals surface area contributed by atoms with E-state index in [1.165, 1.54) is 24.3 Å². The lowest BCUT2D eigenvalue weighted by Crippen LogP contribution is -2.54. The number of nitrogens with one attached hydrogen (secondary N) is 1. The third-order valence-corrected chi connectivity index (χ3v) is 6.79. The number of rotatable bonds is 8. The van der Waals surface area contributed by atoms with Gasteiger partial charge in [0, 0.05) is 6.54 Å². The van der Waals surface area contributed by atoms with Crippen LogP contribution < -0.4 is 10.1 Å². The van der Waals surface area contributed by atoms with Crippen LogP contribution in [0.5, 0.6) is 5.75 Å². The van der Waals surface area contributed by atoms with Gasteiger partial charge in [0.25, 0.3) is 0 Å². The maximum Gasteiger partial charge on any atom is 0.410 e. The molecule has 0 bridgehead atoms. The molecule has 2 aromatic rings. The number of amides is 3. The van der Waals surface area contributed by atoms with Crippen LogP contribution in [0.2, 0.25) is 0 Å². The van der Waals surface area contributed by atoms with E-state index in [1.54, 1.807) is 36.6 Å². The Hall–Kier alpha value is -4.08. The van der Waals surface area contributed by atoms with Crippen LogP contribution in [0.1, 0.15) is 39.2 Å². The first-order valence-electron chi connectivity index (χ1n) is 13.4. The van der Waals surface area contributed by atoms with E-state index < -0.39 is 41.8 Å². The minimum Gasteiger partial charge on any atom is -0.486 e. The summed E-state index contributed by atoms with van der Waals surface area (Å²) < 4.78 is 30.7. The Bertz CT molecular complexity index is 1200. The fourth-order valence-electron chi connectivity index (χ4n) is 5.13. The molecule has 10 heteroatoms. The van der Waals surface area contributed by atoms with Gasteiger partial charge in [0.2, 0.25) is 5.91 Å². The third kappa shape index (κ3) is 7.11. The molecule has 2 heterocycles. The topological polar surface area (TPSA) is 97.4 Å². The summed E-state index contributed by atoms with van der Waals surface area (Å²) in [6.45, 7) is 9.59. The fraction of sp³-hybridized carbons (Fsp3) is 0.433. The van der Waals surface area contributed by atoms with Crippen molar-refractivity contribution in [3.63, 3.8) is 0 Å². The summed E-state index contributed by atoms with van der Waals surface area (Å²) in [4.78, 5) is 42.7. The molecule has 40 heavy (non-hydrogen) atoms. The average Bonchev–Trinajstić information content (AvgIpc) is 3.49. The van der Waals surface area contributed by atoms with Gasteiger partial charge in [-0.3, -0.25) is 9.69 Å². The number of fused-ring (bicyclic) bond motifs is 1. The molecule has 0 aromatic heterocycles. The molecule has 1 N–H and O–H groups in total. The number of likely N-dealkylation sites (tertiary alicyclic amines) is 2. The highest BCUT2D eigenvalue weighted by atomic mass is 19.1. The van der Waals surface area contributed by atoms with Crippen molar-refractivity contribution in [2.45, 2.75) is 70.1 Å². The number of hydrogen-bond donors (Lipinski definition) is 1. The van der Waals surface area contributed by atoms with Crippen molar-refractivity contribution in [1.82, 2.24) is 15.1 Å². The van der Waals surface area contributed by atoms with Crippen LogP contribution in [0.15, 0.2) is 67.3 Å². The molecule has 9 nitrogen and oxygen atoms in total. The number of hydrogen-bond acceptors (Lipinski definition) is 6. The summed E-state index contributed by atoms with van der Waals surface area (Å²) in [5.41, 5.74) is 0.125. The van der Waals surface area contributed by atoms with Crippen LogP contribution in [-0.2, 0) is 20.9 Å². The molecule has 2 aliphatic rings. The molecule has 3 amide bonds. The predicted molar refractivity (Wildman–Crippen MR) is 146 cm³/mol. The number of halogens is 1. The number of nitrogens with zero attached hydrogens (tertiary/aromatic N) is 2. The first-order valence-corrected chi connectivity index (χ1v) is 13.4. The summed E-state index contributed by atoms with van der Waals surface area (Å²) in [6, 6.07) is 13.2. The largest absolute Gasteiger partial charge is 0.486 e. The molecule has 2 aliphatic heterocycles. The molecule has 0 saturated carbocycles. The molecule has 4 rings (SSSR count). The molecule has 2 fully saturated rings. The van der Waals surface area contributed by atoms with Crippen molar-refractivity contribution in [2.24, 2.45) is 0 Å². The van der Waals surface area contributed by atoms with Crippen LogP contribution in [0.25, 0.3) is 0 Å². The van der Waals surface area contributed by atoms with Crippen molar-refractivity contribution in [2.75, 3.05) is 13.1 Å². The van der Waals surface area contributed by atoms with Gasteiger partial charge < -0.3 is 24.4 Å². The van der Waals surface area contributed by atoms with E-state index in [2.05, 4.69) is 11.9 Å². The molecule has 0 aliphatic carbocycles. The second-order valence-electron chi connectivity index (χ2n) is 10.9. The lowest BCUT2D eigenvalue weighted by atomic mass is 10.1. The zero-order valence-corrected chi connectivity index (χ0v) is 23.0. The molecule has 4 atom stereocenters. The van der Waals surface area contributed by atoms with Gasteiger partial charge in [-0.15, -0.1) is 6.58 Å². The Labute approximate surface area is 233 Å². The molecule has 214 valence electrons. The first kappa shape index (κ1) is 28.9. The Morgan fingerprint density at radius 3 is 2.45 bits per heavy atom. The lowest BCUT2D eigenvalue weighted by Gasteiger charge is -2.32. The predicted octanol–water partition coefficient (Wildman–Crippen LogP) is 4.66. The lowest BCUT2D eigenvalue weighted by molar-refractivity contribution is -0.135. The van der Waals surface area contributed by atoms with Gasteiger partial charge in [0.15, 0.2) is 0 Å². The van der Waals surface area contributed by atoms with Crippen LogP contribution in [-0.4, -0.2) is 70.8 Å². The van der Waals surface area contributed by atoms with E-state index in [1.807, 2.05) is 30.3 Å². The smallest absolute Gasteiger partial charge is 0.410 e. The average molecular weight is 554 g/mol. The number of benzene rings is 2. The molecular weight excluding hydrogens is 517 g/mol. The Morgan fingerprint density at radius 1 is 1.10 bits per heavy atom. The van der Waals surface area contributed by atoms with E-state index in [9.17, 15) is 18.8 Å². The van der Waals surface area contributed by atoms with Crippen LogP contribution >= 0.6 is 0 Å². The van der Waals surface area contributed by atoms with Crippen molar-refractivity contribution < 1.29 is 33.0 Å². The number of ether oxygens (including phenoxy) is 3. The first-order chi connectivity index (χ1) is 19.1.